The predicted molar refractivity (Wildman–Crippen MR) is 64.2 cm³/mol. The molecule has 2 atom stereocenters. The number of aliphatic carboxylic acids is 1. The van der Waals surface area contributed by atoms with Gasteiger partial charge in [0, 0.05) is 13.0 Å². The third kappa shape index (κ3) is 3.13. The van der Waals surface area contributed by atoms with Crippen LogP contribution in [-0.2, 0) is 9.53 Å². The van der Waals surface area contributed by atoms with E-state index in [4.69, 9.17) is 4.74 Å². The van der Waals surface area contributed by atoms with E-state index in [2.05, 4.69) is 0 Å². The van der Waals surface area contributed by atoms with Crippen LogP contribution in [0, 0.1) is 0 Å². The Morgan fingerprint density at radius 3 is 2.39 bits per heavy atom. The number of carboxylic acid groups (broad SMARTS) is 1. The molecule has 6 heteroatoms. The monoisotopic (exact) mass is 259 g/mol. The van der Waals surface area contributed by atoms with Crippen LogP contribution >= 0.6 is 0 Å². The Bertz CT molecular complexity index is 349. The first kappa shape index (κ1) is 14.8. The van der Waals surface area contributed by atoms with E-state index in [-0.39, 0.29) is 13.0 Å². The van der Waals surface area contributed by atoms with Gasteiger partial charge in [-0.25, -0.2) is 9.59 Å². The minimum atomic E-state index is -1.42. The highest BCUT2D eigenvalue weighted by Crippen LogP contribution is 2.30. The van der Waals surface area contributed by atoms with Crippen LogP contribution in [0.15, 0.2) is 0 Å². The van der Waals surface area contributed by atoms with E-state index >= 15 is 0 Å². The molecule has 1 fully saturated rings. The summed E-state index contributed by atoms with van der Waals surface area (Å²) in [7, 11) is 0. The lowest BCUT2D eigenvalue weighted by molar-refractivity contribution is -0.155. The molecule has 0 radical (unpaired) electrons. The van der Waals surface area contributed by atoms with E-state index in [1.54, 1.807) is 20.8 Å². The van der Waals surface area contributed by atoms with Crippen molar-refractivity contribution in [3.05, 3.63) is 0 Å². The van der Waals surface area contributed by atoms with Crippen molar-refractivity contribution in [3.63, 3.8) is 0 Å². The van der Waals surface area contributed by atoms with E-state index in [0.29, 0.717) is 6.42 Å². The largest absolute Gasteiger partial charge is 0.480 e. The van der Waals surface area contributed by atoms with Crippen molar-refractivity contribution in [1.29, 1.82) is 0 Å². The first-order valence-electron chi connectivity index (χ1n) is 5.98. The number of hydrogen-bond donors (Lipinski definition) is 2. The standard InChI is InChI=1S/C12H21NO5/c1-11(2,3)18-10(17)13-6-5-8(14)7-12(13,4)9(15)16/h8,14H,5-7H2,1-4H3,(H,15,16)/t8-,12-/m0/s1. The van der Waals surface area contributed by atoms with Crippen LogP contribution in [0.5, 0.6) is 0 Å². The van der Waals surface area contributed by atoms with Crippen molar-refractivity contribution >= 4 is 12.1 Å². The summed E-state index contributed by atoms with van der Waals surface area (Å²) in [6.07, 6.45) is -0.979. The summed E-state index contributed by atoms with van der Waals surface area (Å²) >= 11 is 0. The van der Waals surface area contributed by atoms with Gasteiger partial charge in [-0.15, -0.1) is 0 Å². The van der Waals surface area contributed by atoms with E-state index < -0.39 is 29.3 Å². The van der Waals surface area contributed by atoms with Gasteiger partial charge in [-0.05, 0) is 34.1 Å². The van der Waals surface area contributed by atoms with E-state index in [1.165, 1.54) is 11.8 Å². The van der Waals surface area contributed by atoms with E-state index in [9.17, 15) is 19.8 Å². The van der Waals surface area contributed by atoms with E-state index in [0.717, 1.165) is 0 Å². The second-order valence-corrected chi connectivity index (χ2v) is 5.86. The lowest BCUT2D eigenvalue weighted by Crippen LogP contribution is -2.60. The molecule has 0 aromatic heterocycles. The minimum Gasteiger partial charge on any atom is -0.480 e. The van der Waals surface area contributed by atoms with E-state index in [1.807, 2.05) is 0 Å². The number of carbonyl (C=O) groups is 2. The fraction of sp³-hybridized carbons (Fsp3) is 0.833. The van der Waals surface area contributed by atoms with Crippen molar-refractivity contribution in [2.24, 2.45) is 0 Å². The second-order valence-electron chi connectivity index (χ2n) is 5.86. The second kappa shape index (κ2) is 4.76. The number of rotatable bonds is 1. The normalized spacial score (nSPS) is 28.9. The zero-order valence-electron chi connectivity index (χ0n) is 11.3. The molecular formula is C12H21NO5. The smallest absolute Gasteiger partial charge is 0.411 e. The van der Waals surface area contributed by atoms with Crippen molar-refractivity contribution in [1.82, 2.24) is 4.90 Å². The molecule has 6 nitrogen and oxygen atoms in total. The van der Waals surface area contributed by atoms with Crippen LogP contribution in [0.2, 0.25) is 0 Å². The number of ether oxygens (including phenoxy) is 1. The molecule has 0 saturated carbocycles. The first-order valence-corrected chi connectivity index (χ1v) is 5.98. The Kier molecular flexibility index (Phi) is 3.90. The Morgan fingerprint density at radius 1 is 1.39 bits per heavy atom. The molecule has 1 heterocycles. The summed E-state index contributed by atoms with van der Waals surface area (Å²) in [6.45, 7) is 6.78. The molecule has 1 aliphatic heterocycles. The Hall–Kier alpha value is -1.30. The van der Waals surface area contributed by atoms with Gasteiger partial charge in [0.1, 0.15) is 11.1 Å². The number of piperidine rings is 1. The lowest BCUT2D eigenvalue weighted by Gasteiger charge is -2.43. The van der Waals surface area contributed by atoms with Gasteiger partial charge >= 0.3 is 12.1 Å². The van der Waals surface area contributed by atoms with Crippen LogP contribution in [-0.4, -0.2) is 51.0 Å². The average Bonchev–Trinajstić information content (AvgIpc) is 2.13. The SMILES string of the molecule is CC(C)(C)OC(=O)N1CC[C@H](O)C[C@@]1(C)C(=O)O. The van der Waals surface area contributed by atoms with Crippen LogP contribution in [0.25, 0.3) is 0 Å². The maximum Gasteiger partial charge on any atom is 0.411 e. The molecule has 18 heavy (non-hydrogen) atoms. The number of likely N-dealkylation sites (tertiary alicyclic amines) is 1. The van der Waals surface area contributed by atoms with Gasteiger partial charge in [0.05, 0.1) is 6.10 Å². The summed E-state index contributed by atoms with van der Waals surface area (Å²) in [5.74, 6) is -1.13. The molecule has 104 valence electrons. The molecule has 0 aliphatic carbocycles. The van der Waals surface area contributed by atoms with Gasteiger partial charge in [-0.3, -0.25) is 4.90 Å². The van der Waals surface area contributed by atoms with Crippen molar-refractivity contribution < 1.29 is 24.5 Å². The number of amides is 1. The summed E-state index contributed by atoms with van der Waals surface area (Å²) < 4.78 is 5.20. The summed E-state index contributed by atoms with van der Waals surface area (Å²) in [5.41, 5.74) is -2.09. The van der Waals surface area contributed by atoms with Gasteiger partial charge in [0.15, 0.2) is 0 Å². The third-order valence-electron chi connectivity index (χ3n) is 2.99. The highest BCUT2D eigenvalue weighted by Gasteiger charge is 2.48. The molecule has 2 N–H and O–H groups in total. The molecule has 0 aromatic rings. The van der Waals surface area contributed by atoms with Crippen LogP contribution in [0.3, 0.4) is 0 Å². The van der Waals surface area contributed by atoms with Gasteiger partial charge in [0.25, 0.3) is 0 Å². The lowest BCUT2D eigenvalue weighted by atomic mass is 9.87. The number of carbonyl (C=O) groups excluding carboxylic acids is 1. The fourth-order valence-corrected chi connectivity index (χ4v) is 2.01. The van der Waals surface area contributed by atoms with Gasteiger partial charge in [-0.2, -0.15) is 0 Å². The molecule has 1 amide bonds. The van der Waals surface area contributed by atoms with Gasteiger partial charge in [-0.1, -0.05) is 0 Å². The molecule has 0 unspecified atom stereocenters. The van der Waals surface area contributed by atoms with Crippen molar-refractivity contribution in [2.75, 3.05) is 6.54 Å². The third-order valence-corrected chi connectivity index (χ3v) is 2.99. The number of aliphatic hydroxyl groups excluding tert-OH is 1. The number of nitrogens with zero attached hydrogens (tertiary/aromatic N) is 1. The van der Waals surface area contributed by atoms with Crippen LogP contribution in [0.4, 0.5) is 4.79 Å². The Labute approximate surface area is 107 Å². The quantitative estimate of drug-likeness (QED) is 0.739. The van der Waals surface area contributed by atoms with Crippen molar-refractivity contribution in [2.45, 2.75) is 57.8 Å². The summed E-state index contributed by atoms with van der Waals surface area (Å²) in [6, 6.07) is 0. The molecule has 1 rings (SSSR count). The highest BCUT2D eigenvalue weighted by molar-refractivity contribution is 5.84. The molecule has 0 bridgehead atoms. The minimum absolute atomic E-state index is 0.0155. The maximum atomic E-state index is 12.0. The zero-order valence-corrected chi connectivity index (χ0v) is 11.3. The number of carboxylic acids is 1. The zero-order chi connectivity index (χ0) is 14.1. The summed E-state index contributed by atoms with van der Waals surface area (Å²) in [5, 5.41) is 18.9. The van der Waals surface area contributed by atoms with Gasteiger partial charge in [0.2, 0.25) is 0 Å². The first-order chi connectivity index (χ1) is 8.06. The average molecular weight is 259 g/mol. The van der Waals surface area contributed by atoms with Crippen molar-refractivity contribution in [3.8, 4) is 0 Å². The van der Waals surface area contributed by atoms with Crippen LogP contribution in [0.1, 0.15) is 40.5 Å². The predicted octanol–water partition coefficient (Wildman–Crippen LogP) is 1.22. The topological polar surface area (TPSA) is 87.1 Å². The van der Waals surface area contributed by atoms with Crippen LogP contribution < -0.4 is 0 Å². The molecular weight excluding hydrogens is 238 g/mol. The Morgan fingerprint density at radius 2 is 1.94 bits per heavy atom. The summed E-state index contributed by atoms with van der Waals surface area (Å²) in [4.78, 5) is 24.5. The highest BCUT2D eigenvalue weighted by atomic mass is 16.6. The maximum absolute atomic E-state index is 12.0. The number of hydrogen-bond acceptors (Lipinski definition) is 4. The Balaban J connectivity index is 2.91. The molecule has 1 saturated heterocycles. The van der Waals surface area contributed by atoms with Gasteiger partial charge < -0.3 is 14.9 Å². The molecule has 0 aromatic carbocycles. The number of aliphatic hydroxyl groups is 1. The fourth-order valence-electron chi connectivity index (χ4n) is 2.01. The molecule has 0 spiro atoms. The molecule has 1 aliphatic rings.